The van der Waals surface area contributed by atoms with Crippen molar-refractivity contribution in [1.29, 1.82) is 0 Å². The summed E-state index contributed by atoms with van der Waals surface area (Å²) in [5.41, 5.74) is 1.48. The fourth-order valence-electron chi connectivity index (χ4n) is 2.80. The number of thioether (sulfide) groups is 1. The van der Waals surface area contributed by atoms with Crippen molar-refractivity contribution in [2.24, 2.45) is 0 Å². The maximum Gasteiger partial charge on any atom is 0.227 e. The molecule has 8 heteroatoms. The van der Waals surface area contributed by atoms with Crippen LogP contribution in [0.25, 0.3) is 10.7 Å². The summed E-state index contributed by atoms with van der Waals surface area (Å²) in [6.45, 7) is 0.749. The van der Waals surface area contributed by atoms with E-state index in [-0.39, 0.29) is 17.4 Å². The topological polar surface area (TPSA) is 79.0 Å². The van der Waals surface area contributed by atoms with Gasteiger partial charge in [0.05, 0.1) is 10.6 Å². The molecule has 0 saturated carbocycles. The molecule has 132 valence electrons. The average molecular weight is 384 g/mol. The van der Waals surface area contributed by atoms with Gasteiger partial charge in [0.25, 0.3) is 0 Å². The van der Waals surface area contributed by atoms with E-state index in [1.807, 2.05) is 29.6 Å². The zero-order valence-corrected chi connectivity index (χ0v) is 15.5. The number of carbonyl (C=O) groups excluding carboxylic acids is 2. The molecular formula is C18H16N4O2S2. The number of hydrogen-bond donors (Lipinski definition) is 1. The minimum atomic E-state index is 0.0109. The van der Waals surface area contributed by atoms with E-state index < -0.39 is 0 Å². The lowest BCUT2D eigenvalue weighted by molar-refractivity contribution is -0.117. The Morgan fingerprint density at radius 1 is 1.27 bits per heavy atom. The van der Waals surface area contributed by atoms with E-state index in [0.29, 0.717) is 17.1 Å². The van der Waals surface area contributed by atoms with Crippen molar-refractivity contribution in [1.82, 2.24) is 15.2 Å². The molecule has 26 heavy (non-hydrogen) atoms. The van der Waals surface area contributed by atoms with Crippen LogP contribution in [-0.2, 0) is 4.79 Å². The standard InChI is InChI=1S/C18H16N4O2S2/c23-14(11-26-18-19-17(20-21-18)15-3-2-10-25-15)12-5-7-13(8-6-12)22-9-1-4-16(22)24/h2-3,5-8,10H,1,4,9,11H2,(H,19,20,21). The lowest BCUT2D eigenvalue weighted by Gasteiger charge is -2.15. The lowest BCUT2D eigenvalue weighted by atomic mass is 10.1. The van der Waals surface area contributed by atoms with Crippen molar-refractivity contribution in [3.05, 3.63) is 47.3 Å². The van der Waals surface area contributed by atoms with Gasteiger partial charge in [0.1, 0.15) is 0 Å². The van der Waals surface area contributed by atoms with Crippen LogP contribution in [0.3, 0.4) is 0 Å². The molecule has 0 bridgehead atoms. The number of hydrogen-bond acceptors (Lipinski definition) is 6. The predicted octanol–water partition coefficient (Wildman–Crippen LogP) is 3.64. The van der Waals surface area contributed by atoms with Crippen molar-refractivity contribution in [3.63, 3.8) is 0 Å². The fraction of sp³-hybridized carbons (Fsp3) is 0.222. The molecule has 1 amide bonds. The van der Waals surface area contributed by atoms with Crippen LogP contribution in [0.15, 0.2) is 46.9 Å². The monoisotopic (exact) mass is 384 g/mol. The Hall–Kier alpha value is -2.45. The van der Waals surface area contributed by atoms with Crippen LogP contribution >= 0.6 is 23.1 Å². The summed E-state index contributed by atoms with van der Waals surface area (Å²) in [5.74, 6) is 1.14. The number of rotatable bonds is 6. The molecule has 1 aromatic carbocycles. The lowest BCUT2D eigenvalue weighted by Crippen LogP contribution is -2.23. The third-order valence-corrected chi connectivity index (χ3v) is 5.85. The van der Waals surface area contributed by atoms with Crippen LogP contribution in [0.5, 0.6) is 0 Å². The zero-order chi connectivity index (χ0) is 17.9. The zero-order valence-electron chi connectivity index (χ0n) is 13.8. The summed E-state index contributed by atoms with van der Waals surface area (Å²) >= 11 is 2.89. The molecule has 3 heterocycles. The summed E-state index contributed by atoms with van der Waals surface area (Å²) in [6.07, 6.45) is 1.49. The number of Topliss-reactive ketones (excluding diaryl/α,β-unsaturated/α-hetero) is 1. The molecule has 0 spiro atoms. The number of nitrogens with zero attached hydrogens (tertiary/aromatic N) is 3. The second-order valence-electron chi connectivity index (χ2n) is 5.85. The van der Waals surface area contributed by atoms with E-state index in [9.17, 15) is 9.59 Å². The summed E-state index contributed by atoms with van der Waals surface area (Å²) < 4.78 is 0. The van der Waals surface area contributed by atoms with Gasteiger partial charge in [-0.3, -0.25) is 14.7 Å². The largest absolute Gasteiger partial charge is 0.312 e. The SMILES string of the molecule is O=C(CSc1n[nH]c(-c2cccs2)n1)c1ccc(N2CCCC2=O)cc1. The highest BCUT2D eigenvalue weighted by Gasteiger charge is 2.21. The number of amides is 1. The van der Waals surface area contributed by atoms with E-state index in [1.54, 1.807) is 28.4 Å². The summed E-state index contributed by atoms with van der Waals surface area (Å²) in [5, 5.41) is 9.58. The Morgan fingerprint density at radius 3 is 2.81 bits per heavy atom. The Morgan fingerprint density at radius 2 is 2.12 bits per heavy atom. The van der Waals surface area contributed by atoms with Crippen LogP contribution in [0, 0.1) is 0 Å². The second-order valence-corrected chi connectivity index (χ2v) is 7.74. The van der Waals surface area contributed by atoms with Crippen LogP contribution in [0.4, 0.5) is 5.69 Å². The molecule has 3 aromatic rings. The first kappa shape index (κ1) is 17.0. The molecule has 1 fully saturated rings. The third kappa shape index (κ3) is 3.56. The second kappa shape index (κ2) is 7.43. The maximum atomic E-state index is 12.4. The molecule has 1 aliphatic rings. The molecule has 1 N–H and O–H groups in total. The van der Waals surface area contributed by atoms with Gasteiger partial charge in [-0.05, 0) is 42.1 Å². The van der Waals surface area contributed by atoms with Crippen molar-refractivity contribution < 1.29 is 9.59 Å². The maximum absolute atomic E-state index is 12.4. The van der Waals surface area contributed by atoms with Crippen molar-refractivity contribution in [2.75, 3.05) is 17.2 Å². The number of aromatic nitrogens is 3. The summed E-state index contributed by atoms with van der Waals surface area (Å²) in [7, 11) is 0. The minimum absolute atomic E-state index is 0.0109. The first-order valence-corrected chi connectivity index (χ1v) is 10.1. The molecule has 1 saturated heterocycles. The molecule has 0 aliphatic carbocycles. The molecule has 1 aliphatic heterocycles. The highest BCUT2D eigenvalue weighted by Crippen LogP contribution is 2.25. The van der Waals surface area contributed by atoms with Gasteiger partial charge in [-0.1, -0.05) is 17.8 Å². The van der Waals surface area contributed by atoms with Crippen molar-refractivity contribution in [3.8, 4) is 10.7 Å². The van der Waals surface area contributed by atoms with E-state index in [2.05, 4.69) is 15.2 Å². The van der Waals surface area contributed by atoms with Crippen molar-refractivity contribution in [2.45, 2.75) is 18.0 Å². The molecule has 4 rings (SSSR count). The first-order chi connectivity index (χ1) is 12.7. The van der Waals surface area contributed by atoms with E-state index in [1.165, 1.54) is 11.8 Å². The van der Waals surface area contributed by atoms with Crippen LogP contribution < -0.4 is 4.90 Å². The number of aromatic amines is 1. The van der Waals surface area contributed by atoms with Crippen LogP contribution in [-0.4, -0.2) is 39.2 Å². The quantitative estimate of drug-likeness (QED) is 0.518. The number of thiophene rings is 1. The van der Waals surface area contributed by atoms with E-state index in [4.69, 9.17) is 0 Å². The highest BCUT2D eigenvalue weighted by molar-refractivity contribution is 7.99. The Bertz CT molecular complexity index is 919. The van der Waals surface area contributed by atoms with Crippen molar-refractivity contribution >= 4 is 40.5 Å². The molecule has 6 nitrogen and oxygen atoms in total. The van der Waals surface area contributed by atoms with E-state index in [0.717, 1.165) is 29.4 Å². The number of carbonyl (C=O) groups is 2. The van der Waals surface area contributed by atoms with Gasteiger partial charge < -0.3 is 4.90 Å². The highest BCUT2D eigenvalue weighted by atomic mass is 32.2. The van der Waals surface area contributed by atoms with Crippen LogP contribution in [0.2, 0.25) is 0 Å². The molecular weight excluding hydrogens is 368 g/mol. The smallest absolute Gasteiger partial charge is 0.227 e. The van der Waals surface area contributed by atoms with Gasteiger partial charge in [0, 0.05) is 24.2 Å². The van der Waals surface area contributed by atoms with Gasteiger partial charge in [-0.15, -0.1) is 16.4 Å². The Kier molecular flexibility index (Phi) is 4.85. The average Bonchev–Trinajstić information content (AvgIpc) is 3.41. The minimum Gasteiger partial charge on any atom is -0.312 e. The molecule has 2 aromatic heterocycles. The fourth-order valence-corrected chi connectivity index (χ4v) is 4.15. The molecule has 0 radical (unpaired) electrons. The Labute approximate surface area is 158 Å². The first-order valence-electron chi connectivity index (χ1n) is 8.23. The van der Waals surface area contributed by atoms with E-state index >= 15 is 0 Å². The molecule has 0 unspecified atom stereocenters. The number of benzene rings is 1. The van der Waals surface area contributed by atoms with Gasteiger partial charge >= 0.3 is 0 Å². The van der Waals surface area contributed by atoms with Gasteiger partial charge in [-0.25, -0.2) is 4.98 Å². The Balaban J connectivity index is 1.37. The number of nitrogens with one attached hydrogen (secondary N) is 1. The third-order valence-electron chi connectivity index (χ3n) is 4.13. The van der Waals surface area contributed by atoms with Gasteiger partial charge in [0.2, 0.25) is 11.1 Å². The number of H-pyrrole nitrogens is 1. The summed E-state index contributed by atoms with van der Waals surface area (Å²) in [4.78, 5) is 31.4. The number of anilines is 1. The summed E-state index contributed by atoms with van der Waals surface area (Å²) in [6, 6.07) is 11.2. The van der Waals surface area contributed by atoms with Gasteiger partial charge in [-0.2, -0.15) is 0 Å². The van der Waals surface area contributed by atoms with Crippen LogP contribution in [0.1, 0.15) is 23.2 Å². The number of ketones is 1. The normalized spacial score (nSPS) is 14.2. The predicted molar refractivity (Wildman–Crippen MR) is 103 cm³/mol. The van der Waals surface area contributed by atoms with Gasteiger partial charge in [0.15, 0.2) is 11.6 Å². The molecule has 0 atom stereocenters.